The predicted octanol–water partition coefficient (Wildman–Crippen LogP) is 2.33. The van der Waals surface area contributed by atoms with Gasteiger partial charge in [0.25, 0.3) is 0 Å². The highest BCUT2D eigenvalue weighted by molar-refractivity contribution is 5.85. The zero-order valence-corrected chi connectivity index (χ0v) is 16.0. The summed E-state index contributed by atoms with van der Waals surface area (Å²) in [5.74, 6) is 1.29. The summed E-state index contributed by atoms with van der Waals surface area (Å²) in [6.45, 7) is 3.53. The summed E-state index contributed by atoms with van der Waals surface area (Å²) in [6.07, 6.45) is 8.53. The van der Waals surface area contributed by atoms with Crippen LogP contribution in [0.2, 0.25) is 0 Å². The van der Waals surface area contributed by atoms with E-state index in [0.717, 1.165) is 17.8 Å². The van der Waals surface area contributed by atoms with E-state index in [-0.39, 0.29) is 23.8 Å². The molecule has 4 fully saturated rings. The molecule has 0 aliphatic heterocycles. The van der Waals surface area contributed by atoms with Gasteiger partial charge in [-0.1, -0.05) is 0 Å². The molecule has 26 heavy (non-hydrogen) atoms. The van der Waals surface area contributed by atoms with E-state index in [2.05, 4.69) is 10.6 Å². The van der Waals surface area contributed by atoms with E-state index in [1.54, 1.807) is 13.8 Å². The van der Waals surface area contributed by atoms with Crippen molar-refractivity contribution in [2.45, 2.75) is 65.2 Å². The molecule has 0 aromatic rings. The van der Waals surface area contributed by atoms with Gasteiger partial charge in [-0.05, 0) is 82.0 Å². The van der Waals surface area contributed by atoms with Crippen LogP contribution in [0, 0.1) is 28.6 Å². The predicted molar refractivity (Wildman–Crippen MR) is 97.3 cm³/mol. The second-order valence-corrected chi connectivity index (χ2v) is 9.66. The number of hydrogen-bond acceptors (Lipinski definition) is 3. The molecule has 6 heteroatoms. The van der Waals surface area contributed by atoms with Crippen LogP contribution in [0.25, 0.3) is 0 Å². The molecule has 0 saturated heterocycles. The van der Waals surface area contributed by atoms with Crippen LogP contribution in [0.15, 0.2) is 0 Å². The Morgan fingerprint density at radius 2 is 1.50 bits per heavy atom. The molecule has 4 bridgehead atoms. The zero-order valence-electron chi connectivity index (χ0n) is 16.0. The Morgan fingerprint density at radius 3 is 2.00 bits per heavy atom. The molecule has 3 N–H and O–H groups in total. The van der Waals surface area contributed by atoms with Crippen LogP contribution in [-0.2, 0) is 14.4 Å². The number of carboxylic acid groups (broad SMARTS) is 1. The maximum absolute atomic E-state index is 12.4. The van der Waals surface area contributed by atoms with Crippen molar-refractivity contribution in [2.24, 2.45) is 28.6 Å². The van der Waals surface area contributed by atoms with E-state index in [1.807, 2.05) is 0 Å². The first-order chi connectivity index (χ1) is 12.2. The first-order valence-electron chi connectivity index (χ1n) is 9.94. The number of carbonyl (C=O) groups excluding carboxylic acids is 2. The van der Waals surface area contributed by atoms with Crippen molar-refractivity contribution in [3.8, 4) is 0 Å². The highest BCUT2D eigenvalue weighted by atomic mass is 16.4. The van der Waals surface area contributed by atoms with Crippen molar-refractivity contribution in [3.63, 3.8) is 0 Å². The topological polar surface area (TPSA) is 95.5 Å². The number of aliphatic carboxylic acids is 1. The Labute approximate surface area is 155 Å². The second kappa shape index (κ2) is 7.20. The lowest BCUT2D eigenvalue weighted by Gasteiger charge is -2.56. The summed E-state index contributed by atoms with van der Waals surface area (Å²) in [5.41, 5.74) is -0.685. The molecule has 6 nitrogen and oxygen atoms in total. The quantitative estimate of drug-likeness (QED) is 0.616. The third-order valence-electron chi connectivity index (χ3n) is 6.80. The maximum atomic E-state index is 12.4. The Bertz CT molecular complexity index is 549. The van der Waals surface area contributed by atoms with Crippen LogP contribution in [0.3, 0.4) is 0 Å². The van der Waals surface area contributed by atoms with Crippen molar-refractivity contribution < 1.29 is 19.5 Å². The first kappa shape index (κ1) is 19.2. The standard InChI is InChI=1S/C20H32N2O4/c1-19(2,18(25)26)3-4-21-17(24)12-22-16(23)11-20-8-13-5-14(9-20)7-15(6-13)10-20/h13-15H,3-12H2,1-2H3,(H,21,24)(H,22,23)(H,25,26). The number of carbonyl (C=O) groups is 3. The molecule has 0 unspecified atom stereocenters. The Hall–Kier alpha value is -1.59. The average Bonchev–Trinajstić information content (AvgIpc) is 2.50. The lowest BCUT2D eigenvalue weighted by atomic mass is 9.49. The molecule has 4 aliphatic carbocycles. The summed E-state index contributed by atoms with van der Waals surface area (Å²) in [5, 5.41) is 14.5. The molecular weight excluding hydrogens is 332 g/mol. The Balaban J connectivity index is 1.38. The van der Waals surface area contributed by atoms with Crippen molar-refractivity contribution in [1.82, 2.24) is 10.6 Å². The van der Waals surface area contributed by atoms with Gasteiger partial charge >= 0.3 is 5.97 Å². The van der Waals surface area contributed by atoms with Crippen LogP contribution in [0.4, 0.5) is 0 Å². The number of rotatable bonds is 8. The van der Waals surface area contributed by atoms with Crippen molar-refractivity contribution in [1.29, 1.82) is 0 Å². The molecule has 0 atom stereocenters. The normalized spacial score (nSPS) is 32.3. The molecule has 0 aromatic carbocycles. The minimum Gasteiger partial charge on any atom is -0.481 e. The van der Waals surface area contributed by atoms with Crippen molar-refractivity contribution in [2.75, 3.05) is 13.1 Å². The van der Waals surface area contributed by atoms with E-state index in [9.17, 15) is 14.4 Å². The summed E-state index contributed by atoms with van der Waals surface area (Å²) < 4.78 is 0. The number of carboxylic acids is 1. The SMILES string of the molecule is CC(C)(CCNC(=O)CNC(=O)CC12CC3CC(CC(C3)C1)C2)C(=O)O. The molecule has 146 valence electrons. The fraction of sp³-hybridized carbons (Fsp3) is 0.850. The van der Waals surface area contributed by atoms with Gasteiger partial charge in [0.15, 0.2) is 0 Å². The molecule has 2 amide bonds. The smallest absolute Gasteiger partial charge is 0.309 e. The molecule has 0 aromatic heterocycles. The van der Waals surface area contributed by atoms with E-state index in [0.29, 0.717) is 19.4 Å². The third-order valence-corrected chi connectivity index (χ3v) is 6.80. The van der Waals surface area contributed by atoms with Crippen LogP contribution in [-0.4, -0.2) is 36.0 Å². The molecule has 0 radical (unpaired) electrons. The van der Waals surface area contributed by atoms with Gasteiger partial charge in [0.05, 0.1) is 12.0 Å². The van der Waals surface area contributed by atoms with Gasteiger partial charge in [0.2, 0.25) is 11.8 Å². The highest BCUT2D eigenvalue weighted by Crippen LogP contribution is 2.61. The molecule has 4 saturated carbocycles. The molecular formula is C20H32N2O4. The van der Waals surface area contributed by atoms with Gasteiger partial charge in [-0.3, -0.25) is 14.4 Å². The largest absolute Gasteiger partial charge is 0.481 e. The molecule has 4 rings (SSSR count). The first-order valence-corrected chi connectivity index (χ1v) is 9.94. The second-order valence-electron chi connectivity index (χ2n) is 9.66. The van der Waals surface area contributed by atoms with Crippen LogP contribution >= 0.6 is 0 Å². The molecule has 0 heterocycles. The van der Waals surface area contributed by atoms with E-state index < -0.39 is 11.4 Å². The summed E-state index contributed by atoms with van der Waals surface area (Å²) in [7, 11) is 0. The lowest BCUT2D eigenvalue weighted by molar-refractivity contribution is -0.147. The number of nitrogens with one attached hydrogen (secondary N) is 2. The Morgan fingerprint density at radius 1 is 0.962 bits per heavy atom. The van der Waals surface area contributed by atoms with Crippen molar-refractivity contribution >= 4 is 17.8 Å². The summed E-state index contributed by atoms with van der Waals surface area (Å²) in [4.78, 5) is 35.3. The third kappa shape index (κ3) is 4.38. The van der Waals surface area contributed by atoms with Crippen LogP contribution < -0.4 is 10.6 Å². The molecule has 4 aliphatic rings. The van der Waals surface area contributed by atoms with Gasteiger partial charge in [-0.25, -0.2) is 0 Å². The lowest BCUT2D eigenvalue weighted by Crippen LogP contribution is -2.48. The highest BCUT2D eigenvalue weighted by Gasteiger charge is 2.51. The fourth-order valence-corrected chi connectivity index (χ4v) is 5.77. The Kier molecular flexibility index (Phi) is 5.31. The zero-order chi connectivity index (χ0) is 18.9. The summed E-state index contributed by atoms with van der Waals surface area (Å²) in [6, 6.07) is 0. The van der Waals surface area contributed by atoms with E-state index >= 15 is 0 Å². The van der Waals surface area contributed by atoms with Crippen molar-refractivity contribution in [3.05, 3.63) is 0 Å². The summed E-state index contributed by atoms with van der Waals surface area (Å²) >= 11 is 0. The van der Waals surface area contributed by atoms with E-state index in [1.165, 1.54) is 38.5 Å². The number of amides is 2. The molecule has 0 spiro atoms. The van der Waals surface area contributed by atoms with Gasteiger partial charge in [0, 0.05) is 13.0 Å². The van der Waals surface area contributed by atoms with Gasteiger partial charge < -0.3 is 15.7 Å². The van der Waals surface area contributed by atoms with Gasteiger partial charge in [-0.2, -0.15) is 0 Å². The van der Waals surface area contributed by atoms with Gasteiger partial charge in [-0.15, -0.1) is 0 Å². The van der Waals surface area contributed by atoms with Crippen LogP contribution in [0.5, 0.6) is 0 Å². The van der Waals surface area contributed by atoms with E-state index in [4.69, 9.17) is 5.11 Å². The van der Waals surface area contributed by atoms with Gasteiger partial charge in [0.1, 0.15) is 0 Å². The minimum atomic E-state index is -0.879. The number of hydrogen-bond donors (Lipinski definition) is 3. The maximum Gasteiger partial charge on any atom is 0.309 e. The average molecular weight is 364 g/mol. The monoisotopic (exact) mass is 364 g/mol. The van der Waals surface area contributed by atoms with Crippen LogP contribution in [0.1, 0.15) is 65.2 Å². The minimum absolute atomic E-state index is 0.0204. The fourth-order valence-electron chi connectivity index (χ4n) is 5.77.